The third-order valence-corrected chi connectivity index (χ3v) is 9.65. The van der Waals surface area contributed by atoms with E-state index in [1.165, 1.54) is 0 Å². The number of methoxy groups -OCH3 is 1. The fraction of sp³-hybridized carbons (Fsp3) is 0.459. The van der Waals surface area contributed by atoms with E-state index in [1.807, 2.05) is 36.1 Å². The summed E-state index contributed by atoms with van der Waals surface area (Å²) in [5.41, 5.74) is 3.47. The zero-order chi connectivity index (χ0) is 34.3. The first-order valence-corrected chi connectivity index (χ1v) is 17.2. The topological polar surface area (TPSA) is 118 Å². The van der Waals surface area contributed by atoms with Crippen LogP contribution in [0.3, 0.4) is 0 Å². The molecule has 0 spiro atoms. The Labute approximate surface area is 292 Å². The van der Waals surface area contributed by atoms with Gasteiger partial charge in [-0.15, -0.1) is 0 Å². The van der Waals surface area contributed by atoms with E-state index in [2.05, 4.69) is 11.4 Å². The molecule has 1 atom stereocenters. The molecule has 0 heterocycles. The molecule has 3 aromatic carbocycles. The van der Waals surface area contributed by atoms with Gasteiger partial charge in [0, 0.05) is 32.3 Å². The van der Waals surface area contributed by atoms with Gasteiger partial charge in [-0.2, -0.15) is 0 Å². The molecule has 11 heteroatoms. The number of aryl methyl sites for hydroxylation is 2. The van der Waals surface area contributed by atoms with Crippen LogP contribution in [0, 0.1) is 18.8 Å². The zero-order valence-electron chi connectivity index (χ0n) is 27.5. The minimum Gasteiger partial charge on any atom is -0.508 e. The molecule has 0 bridgehead atoms. The second-order valence-electron chi connectivity index (χ2n) is 12.9. The van der Waals surface area contributed by atoms with Crippen molar-refractivity contribution < 1.29 is 34.0 Å². The maximum atomic E-state index is 14.4. The number of phenols is 1. The average molecular weight is 700 g/mol. The maximum absolute atomic E-state index is 14.4. The van der Waals surface area contributed by atoms with Crippen molar-refractivity contribution in [1.82, 2.24) is 10.2 Å². The Bertz CT molecular complexity index is 1550. The van der Waals surface area contributed by atoms with Gasteiger partial charge in [-0.05, 0) is 116 Å². The molecule has 48 heavy (non-hydrogen) atoms. The van der Waals surface area contributed by atoms with Gasteiger partial charge in [-0.25, -0.2) is 4.79 Å². The molecule has 2 saturated carbocycles. The minimum atomic E-state index is -1.17. The second-order valence-corrected chi connectivity index (χ2v) is 13.7. The number of hydrogen-bond donors (Lipinski definition) is 3. The Kier molecular flexibility index (Phi) is 12.0. The van der Waals surface area contributed by atoms with Crippen molar-refractivity contribution in [2.45, 2.75) is 64.0 Å². The molecule has 258 valence electrons. The summed E-state index contributed by atoms with van der Waals surface area (Å²) in [5.74, 6) is 0.982. The van der Waals surface area contributed by atoms with E-state index in [9.17, 15) is 19.8 Å². The van der Waals surface area contributed by atoms with Gasteiger partial charge in [-0.1, -0.05) is 41.4 Å². The summed E-state index contributed by atoms with van der Waals surface area (Å²) in [6.07, 6.45) is 4.79. The number of carboxylic acid groups (broad SMARTS) is 1. The molecule has 9 nitrogen and oxygen atoms in total. The number of nitrogens with zero attached hydrogens (tertiary/aromatic N) is 1. The normalized spacial score (nSPS) is 15.4. The number of aromatic hydroxyl groups is 1. The molecule has 2 aliphatic carbocycles. The molecule has 0 saturated heterocycles. The largest absolute Gasteiger partial charge is 0.508 e. The van der Waals surface area contributed by atoms with E-state index >= 15 is 0 Å². The SMILES string of the molecule is COCCCc1cc(O)cc(CN(C(=O)C(CNC(=O)O)Cc2ccc(OCCOc3c(Cl)cc(C)cc3Cl)cc2)C2(C3CC3)CC2)c1. The fourth-order valence-electron chi connectivity index (χ4n) is 6.50. The first kappa shape index (κ1) is 35.6. The van der Waals surface area contributed by atoms with Crippen LogP contribution < -0.4 is 14.8 Å². The quantitative estimate of drug-likeness (QED) is 0.118. The van der Waals surface area contributed by atoms with Crippen LogP contribution in [-0.2, 0) is 28.9 Å². The van der Waals surface area contributed by atoms with Crippen LogP contribution in [-0.4, -0.2) is 66.1 Å². The van der Waals surface area contributed by atoms with Gasteiger partial charge >= 0.3 is 6.09 Å². The Balaban J connectivity index is 1.26. The van der Waals surface area contributed by atoms with Gasteiger partial charge < -0.3 is 34.6 Å². The number of nitrogens with one attached hydrogen (secondary N) is 1. The Hall–Kier alpha value is -3.66. The molecular weight excluding hydrogens is 655 g/mol. The Morgan fingerprint density at radius 1 is 0.958 bits per heavy atom. The summed E-state index contributed by atoms with van der Waals surface area (Å²) >= 11 is 12.5. The van der Waals surface area contributed by atoms with Gasteiger partial charge in [-0.3, -0.25) is 4.79 Å². The van der Waals surface area contributed by atoms with Crippen LogP contribution in [0.4, 0.5) is 4.79 Å². The van der Waals surface area contributed by atoms with E-state index in [4.69, 9.17) is 37.4 Å². The number of halogens is 2. The van der Waals surface area contributed by atoms with Crippen molar-refractivity contribution in [1.29, 1.82) is 0 Å². The predicted molar refractivity (Wildman–Crippen MR) is 185 cm³/mol. The number of amides is 2. The number of ether oxygens (including phenoxy) is 3. The first-order valence-electron chi connectivity index (χ1n) is 16.5. The summed E-state index contributed by atoms with van der Waals surface area (Å²) in [4.78, 5) is 28.0. The summed E-state index contributed by atoms with van der Waals surface area (Å²) in [5, 5.41) is 23.3. The van der Waals surface area contributed by atoms with E-state index < -0.39 is 12.0 Å². The lowest BCUT2D eigenvalue weighted by Crippen LogP contribution is -2.49. The van der Waals surface area contributed by atoms with Crippen LogP contribution in [0.1, 0.15) is 54.4 Å². The van der Waals surface area contributed by atoms with Crippen LogP contribution in [0.15, 0.2) is 54.6 Å². The van der Waals surface area contributed by atoms with Gasteiger partial charge in [0.15, 0.2) is 5.75 Å². The maximum Gasteiger partial charge on any atom is 0.404 e. The molecule has 5 rings (SSSR count). The highest BCUT2D eigenvalue weighted by Gasteiger charge is 2.59. The van der Waals surface area contributed by atoms with Crippen molar-refractivity contribution in [3.05, 3.63) is 86.9 Å². The highest BCUT2D eigenvalue weighted by Crippen LogP contribution is 2.58. The van der Waals surface area contributed by atoms with Gasteiger partial charge in [0.2, 0.25) is 5.91 Å². The predicted octanol–water partition coefficient (Wildman–Crippen LogP) is 7.44. The number of carbonyl (C=O) groups is 2. The first-order chi connectivity index (χ1) is 23.1. The number of rotatable bonds is 18. The number of benzene rings is 3. The molecule has 3 N–H and O–H groups in total. The summed E-state index contributed by atoms with van der Waals surface area (Å²) in [7, 11) is 1.67. The number of carbonyl (C=O) groups excluding carboxylic acids is 1. The Morgan fingerprint density at radius 2 is 1.62 bits per heavy atom. The smallest absolute Gasteiger partial charge is 0.404 e. The zero-order valence-corrected chi connectivity index (χ0v) is 29.0. The van der Waals surface area contributed by atoms with Crippen LogP contribution in [0.25, 0.3) is 0 Å². The molecule has 0 aliphatic heterocycles. The summed E-state index contributed by atoms with van der Waals surface area (Å²) < 4.78 is 16.8. The minimum absolute atomic E-state index is 0.00651. The van der Waals surface area contributed by atoms with Gasteiger partial charge in [0.25, 0.3) is 0 Å². The molecule has 0 radical (unpaired) electrons. The molecule has 2 amide bonds. The van der Waals surface area contributed by atoms with Gasteiger partial charge in [0.05, 0.1) is 16.0 Å². The third kappa shape index (κ3) is 9.49. The summed E-state index contributed by atoms with van der Waals surface area (Å²) in [6, 6.07) is 16.6. The molecule has 0 aromatic heterocycles. The Morgan fingerprint density at radius 3 is 2.25 bits per heavy atom. The van der Waals surface area contributed by atoms with Crippen molar-refractivity contribution in [2.24, 2.45) is 11.8 Å². The molecule has 3 aromatic rings. The van der Waals surface area contributed by atoms with E-state index in [-0.39, 0.29) is 37.0 Å². The van der Waals surface area contributed by atoms with Gasteiger partial charge in [0.1, 0.15) is 24.7 Å². The van der Waals surface area contributed by atoms with E-state index in [0.29, 0.717) is 47.0 Å². The van der Waals surface area contributed by atoms with Crippen molar-refractivity contribution in [2.75, 3.05) is 33.5 Å². The van der Waals surface area contributed by atoms with Crippen LogP contribution >= 0.6 is 23.2 Å². The molecule has 2 aliphatic rings. The van der Waals surface area contributed by atoms with Crippen molar-refractivity contribution >= 4 is 35.2 Å². The van der Waals surface area contributed by atoms with E-state index in [0.717, 1.165) is 60.8 Å². The second kappa shape index (κ2) is 16.2. The standard InChI is InChI=1S/C37H44Cl2N2O7/c1-24-16-32(38)34(33(39)17-24)48-15-14-47-31-9-5-25(6-10-31)19-28(22-40-36(44)45)35(43)41(37(11-12-37)29-7-8-29)23-27-18-26(4-3-13-46-2)20-30(42)21-27/h5-6,9-10,16-18,20-21,28-29,40,42H,3-4,7-8,11-15,19,22-23H2,1-2H3,(H,44,45). The van der Waals surface area contributed by atoms with Crippen molar-refractivity contribution in [3.63, 3.8) is 0 Å². The number of phenolic OH excluding ortho intramolecular Hbond substituents is 1. The summed E-state index contributed by atoms with van der Waals surface area (Å²) in [6.45, 7) is 3.39. The lowest BCUT2D eigenvalue weighted by atomic mass is 9.95. The lowest BCUT2D eigenvalue weighted by Gasteiger charge is -2.36. The third-order valence-electron chi connectivity index (χ3n) is 9.09. The molecular formula is C37H44Cl2N2O7. The van der Waals surface area contributed by atoms with Crippen LogP contribution in [0.2, 0.25) is 10.0 Å². The van der Waals surface area contributed by atoms with Crippen LogP contribution in [0.5, 0.6) is 17.2 Å². The van der Waals surface area contributed by atoms with E-state index in [1.54, 1.807) is 31.4 Å². The monoisotopic (exact) mass is 698 g/mol. The fourth-order valence-corrected chi connectivity index (χ4v) is 7.20. The molecule has 1 unspecified atom stereocenters. The average Bonchev–Trinajstić information content (AvgIpc) is 3.96. The highest BCUT2D eigenvalue weighted by molar-refractivity contribution is 6.37. The highest BCUT2D eigenvalue weighted by atomic mass is 35.5. The number of hydrogen-bond acceptors (Lipinski definition) is 6. The van der Waals surface area contributed by atoms with Crippen molar-refractivity contribution in [3.8, 4) is 17.2 Å². The molecule has 2 fully saturated rings. The lowest BCUT2D eigenvalue weighted by molar-refractivity contribution is -0.140.